The van der Waals surface area contributed by atoms with Crippen LogP contribution in [0.5, 0.6) is 11.5 Å². The second kappa shape index (κ2) is 10.3. The number of rotatable bonds is 7. The van der Waals surface area contributed by atoms with Crippen molar-refractivity contribution in [2.75, 3.05) is 24.0 Å². The molecular weight excluding hydrogens is 470 g/mol. The van der Waals surface area contributed by atoms with Crippen LogP contribution in [0.15, 0.2) is 72.3 Å². The molecule has 3 amide bonds. The Balaban J connectivity index is 1.51. The first kappa shape index (κ1) is 23.8. The molecule has 3 aromatic rings. The van der Waals surface area contributed by atoms with Gasteiger partial charge < -0.3 is 14.8 Å². The van der Waals surface area contributed by atoms with Crippen LogP contribution in [-0.4, -0.2) is 31.4 Å². The number of aryl methyl sites for hydroxylation is 1. The van der Waals surface area contributed by atoms with E-state index in [9.17, 15) is 14.4 Å². The van der Waals surface area contributed by atoms with Crippen LogP contribution in [0.4, 0.5) is 11.4 Å². The highest BCUT2D eigenvalue weighted by atomic mass is 35.5. The predicted octanol–water partition coefficient (Wildman–Crippen LogP) is 4.14. The number of hydrazine groups is 1. The van der Waals surface area contributed by atoms with Gasteiger partial charge in [-0.15, -0.1) is 0 Å². The van der Waals surface area contributed by atoms with E-state index in [-0.39, 0.29) is 34.6 Å². The third-order valence-corrected chi connectivity index (χ3v) is 5.52. The Morgan fingerprint density at radius 2 is 1.80 bits per heavy atom. The molecule has 4 rings (SSSR count). The summed E-state index contributed by atoms with van der Waals surface area (Å²) in [6.45, 7) is 1.59. The zero-order valence-electron chi connectivity index (χ0n) is 19.0. The van der Waals surface area contributed by atoms with Crippen LogP contribution < -0.4 is 25.2 Å². The summed E-state index contributed by atoms with van der Waals surface area (Å²) in [5.41, 5.74) is 5.09. The van der Waals surface area contributed by atoms with Crippen LogP contribution in [0.3, 0.4) is 0 Å². The molecule has 0 spiro atoms. The minimum absolute atomic E-state index is 0.0572. The molecule has 2 N–H and O–H groups in total. The maximum atomic E-state index is 12.8. The minimum Gasteiger partial charge on any atom is -0.493 e. The van der Waals surface area contributed by atoms with E-state index in [1.807, 2.05) is 31.2 Å². The van der Waals surface area contributed by atoms with Gasteiger partial charge in [0.2, 0.25) is 0 Å². The zero-order valence-corrected chi connectivity index (χ0v) is 19.8. The van der Waals surface area contributed by atoms with Crippen molar-refractivity contribution in [1.82, 2.24) is 5.43 Å². The third kappa shape index (κ3) is 5.28. The molecule has 0 radical (unpaired) electrons. The summed E-state index contributed by atoms with van der Waals surface area (Å²) in [6.07, 6.45) is 1.42. The van der Waals surface area contributed by atoms with Crippen LogP contribution >= 0.6 is 11.6 Å². The number of nitrogens with zero attached hydrogens (tertiary/aromatic N) is 1. The first-order valence-corrected chi connectivity index (χ1v) is 11.0. The van der Waals surface area contributed by atoms with E-state index in [4.69, 9.17) is 21.1 Å². The summed E-state index contributed by atoms with van der Waals surface area (Å²) in [7, 11) is 1.42. The summed E-state index contributed by atoms with van der Waals surface area (Å²) in [4.78, 5) is 37.6. The summed E-state index contributed by atoms with van der Waals surface area (Å²) < 4.78 is 11.0. The fourth-order valence-electron chi connectivity index (χ4n) is 3.48. The van der Waals surface area contributed by atoms with Crippen molar-refractivity contribution in [3.63, 3.8) is 0 Å². The molecule has 0 unspecified atom stereocenters. The first-order chi connectivity index (χ1) is 16.9. The maximum Gasteiger partial charge on any atom is 0.282 e. The molecule has 1 heterocycles. The third-order valence-electron chi connectivity index (χ3n) is 5.24. The van der Waals surface area contributed by atoms with Crippen molar-refractivity contribution in [2.24, 2.45) is 0 Å². The van der Waals surface area contributed by atoms with E-state index in [1.165, 1.54) is 24.3 Å². The fraction of sp³-hybridized carbons (Fsp3) is 0.115. The molecule has 1 aliphatic heterocycles. The quantitative estimate of drug-likeness (QED) is 0.382. The Hall–Kier alpha value is -4.30. The summed E-state index contributed by atoms with van der Waals surface area (Å²) >= 11 is 6.40. The Bertz CT molecular complexity index is 1320. The second-order valence-corrected chi connectivity index (χ2v) is 8.07. The Morgan fingerprint density at radius 3 is 2.51 bits per heavy atom. The number of hydrogen-bond acceptors (Lipinski definition) is 5. The Labute approximate surface area is 207 Å². The van der Waals surface area contributed by atoms with Crippen LogP contribution in [0, 0.1) is 6.92 Å². The number of methoxy groups -OCH3 is 1. The van der Waals surface area contributed by atoms with Gasteiger partial charge in [-0.3, -0.25) is 19.8 Å². The van der Waals surface area contributed by atoms with Crippen molar-refractivity contribution in [3.8, 4) is 11.5 Å². The maximum absolute atomic E-state index is 12.8. The van der Waals surface area contributed by atoms with Gasteiger partial charge in [-0.2, -0.15) is 0 Å². The Morgan fingerprint density at radius 1 is 1.09 bits per heavy atom. The summed E-state index contributed by atoms with van der Waals surface area (Å²) in [6, 6.07) is 19.2. The summed E-state index contributed by atoms with van der Waals surface area (Å²) in [5, 5.41) is 4.12. The van der Waals surface area contributed by atoms with E-state index >= 15 is 0 Å². The lowest BCUT2D eigenvalue weighted by molar-refractivity contribution is -0.118. The van der Waals surface area contributed by atoms with Crippen molar-refractivity contribution in [2.45, 2.75) is 6.92 Å². The number of anilines is 2. The Kier molecular flexibility index (Phi) is 7.03. The highest BCUT2D eigenvalue weighted by Gasteiger charge is 2.34. The highest BCUT2D eigenvalue weighted by molar-refractivity contribution is 6.33. The van der Waals surface area contributed by atoms with Gasteiger partial charge in [-0.1, -0.05) is 48.0 Å². The number of ether oxygens (including phenoxy) is 2. The topological polar surface area (TPSA) is 97.0 Å². The van der Waals surface area contributed by atoms with Gasteiger partial charge in [0.25, 0.3) is 17.7 Å². The molecule has 1 saturated heterocycles. The van der Waals surface area contributed by atoms with E-state index in [2.05, 4.69) is 10.7 Å². The molecule has 9 heteroatoms. The van der Waals surface area contributed by atoms with Crippen molar-refractivity contribution in [1.29, 1.82) is 0 Å². The number of hydrogen-bond donors (Lipinski definition) is 2. The standard InChI is InChI=1S/C26H22ClN3O5/c1-16-8-6-7-11-21(16)28-23(31)15-35-24-20(27)13-17(14-22(24)34-2)12-19-25(32)29-30(26(19)33)18-9-4-3-5-10-18/h3-14H,15H2,1-2H3,(H,28,31)(H,29,32). The van der Waals surface area contributed by atoms with E-state index in [1.54, 1.807) is 36.4 Å². The van der Waals surface area contributed by atoms with Crippen molar-refractivity contribution in [3.05, 3.63) is 88.5 Å². The lowest BCUT2D eigenvalue weighted by atomic mass is 10.1. The van der Waals surface area contributed by atoms with Gasteiger partial charge in [0, 0.05) is 5.69 Å². The fourth-order valence-corrected chi connectivity index (χ4v) is 3.76. The number of nitrogens with one attached hydrogen (secondary N) is 2. The average molecular weight is 492 g/mol. The molecule has 1 aliphatic rings. The van der Waals surface area contributed by atoms with Gasteiger partial charge in [0.1, 0.15) is 5.57 Å². The van der Waals surface area contributed by atoms with Crippen LogP contribution in [0.1, 0.15) is 11.1 Å². The van der Waals surface area contributed by atoms with Crippen LogP contribution in [-0.2, 0) is 14.4 Å². The molecule has 0 aromatic heterocycles. The lowest BCUT2D eigenvalue weighted by Gasteiger charge is -2.14. The van der Waals surface area contributed by atoms with Gasteiger partial charge in [0.05, 0.1) is 17.8 Å². The number of carbonyl (C=O) groups excluding carboxylic acids is 3. The number of benzene rings is 3. The molecular formula is C26H22ClN3O5. The molecule has 0 saturated carbocycles. The minimum atomic E-state index is -0.540. The van der Waals surface area contributed by atoms with Gasteiger partial charge in [-0.05, 0) is 54.5 Å². The van der Waals surface area contributed by atoms with Crippen molar-refractivity contribution < 1.29 is 23.9 Å². The average Bonchev–Trinajstić information content (AvgIpc) is 3.13. The number of para-hydroxylation sites is 2. The molecule has 0 bridgehead atoms. The highest BCUT2D eigenvalue weighted by Crippen LogP contribution is 2.37. The van der Waals surface area contributed by atoms with E-state index in [0.717, 1.165) is 5.56 Å². The summed E-state index contributed by atoms with van der Waals surface area (Å²) in [5.74, 6) is -0.979. The van der Waals surface area contributed by atoms with Gasteiger partial charge >= 0.3 is 0 Å². The number of halogens is 1. The molecule has 3 aromatic carbocycles. The predicted molar refractivity (Wildman–Crippen MR) is 133 cm³/mol. The SMILES string of the molecule is COc1cc(C=C2C(=O)NN(c3ccccc3)C2=O)cc(Cl)c1OCC(=O)Nc1ccccc1C. The molecule has 8 nitrogen and oxygen atoms in total. The first-order valence-electron chi connectivity index (χ1n) is 10.7. The molecule has 0 aliphatic carbocycles. The van der Waals surface area contributed by atoms with E-state index in [0.29, 0.717) is 16.9 Å². The molecule has 35 heavy (non-hydrogen) atoms. The van der Waals surface area contributed by atoms with Crippen LogP contribution in [0.2, 0.25) is 5.02 Å². The smallest absolute Gasteiger partial charge is 0.282 e. The van der Waals surface area contributed by atoms with Gasteiger partial charge in [-0.25, -0.2) is 5.01 Å². The molecule has 1 fully saturated rings. The van der Waals surface area contributed by atoms with Gasteiger partial charge in [0.15, 0.2) is 18.1 Å². The monoisotopic (exact) mass is 491 g/mol. The zero-order chi connectivity index (χ0) is 24.9. The normalized spacial score (nSPS) is 14.1. The lowest BCUT2D eigenvalue weighted by Crippen LogP contribution is -2.35. The largest absolute Gasteiger partial charge is 0.493 e. The molecule has 0 atom stereocenters. The number of carbonyl (C=O) groups is 3. The second-order valence-electron chi connectivity index (χ2n) is 7.66. The number of amides is 3. The van der Waals surface area contributed by atoms with Crippen molar-refractivity contribution >= 4 is 46.8 Å². The van der Waals surface area contributed by atoms with E-state index < -0.39 is 11.8 Å². The van der Waals surface area contributed by atoms with Crippen LogP contribution in [0.25, 0.3) is 6.08 Å². The molecule has 178 valence electrons.